The van der Waals surface area contributed by atoms with Gasteiger partial charge in [0.25, 0.3) is 0 Å². The van der Waals surface area contributed by atoms with Gasteiger partial charge in [0.2, 0.25) is 15.9 Å². The van der Waals surface area contributed by atoms with Crippen molar-refractivity contribution in [3.63, 3.8) is 0 Å². The van der Waals surface area contributed by atoms with Crippen molar-refractivity contribution in [3.05, 3.63) is 65.5 Å². The van der Waals surface area contributed by atoms with E-state index in [1.54, 1.807) is 24.3 Å². The highest BCUT2D eigenvalue weighted by atomic mass is 32.2. The number of piperidine rings is 1. The molecule has 2 aromatic carbocycles. The van der Waals surface area contributed by atoms with Crippen LogP contribution < -0.4 is 14.9 Å². The zero-order valence-corrected chi connectivity index (χ0v) is 17.9. The van der Waals surface area contributed by atoms with Crippen LogP contribution in [0.15, 0.2) is 53.4 Å². The Morgan fingerprint density at radius 2 is 1.93 bits per heavy atom. The van der Waals surface area contributed by atoms with E-state index >= 15 is 0 Å². The molecule has 0 aromatic heterocycles. The van der Waals surface area contributed by atoms with E-state index in [0.717, 1.165) is 36.2 Å². The highest BCUT2D eigenvalue weighted by Crippen LogP contribution is 2.24. The summed E-state index contributed by atoms with van der Waals surface area (Å²) in [6.07, 6.45) is 4.92. The van der Waals surface area contributed by atoms with Gasteiger partial charge in [-0.3, -0.25) is 4.79 Å². The first-order chi connectivity index (χ1) is 14.3. The number of rotatable bonds is 6. The third kappa shape index (κ3) is 5.46. The van der Waals surface area contributed by atoms with E-state index in [0.29, 0.717) is 6.54 Å². The summed E-state index contributed by atoms with van der Waals surface area (Å²) in [5.41, 5.74) is 2.60. The summed E-state index contributed by atoms with van der Waals surface area (Å²) >= 11 is 0. The Kier molecular flexibility index (Phi) is 6.89. The number of carbonyl (C=O) groups is 1. The topological polar surface area (TPSA) is 78.5 Å². The van der Waals surface area contributed by atoms with Gasteiger partial charge >= 0.3 is 0 Å². The predicted octanol–water partition coefficient (Wildman–Crippen LogP) is 2.84. The van der Waals surface area contributed by atoms with Gasteiger partial charge in [-0.1, -0.05) is 12.1 Å². The van der Waals surface area contributed by atoms with E-state index in [4.69, 9.17) is 0 Å². The molecule has 3 rings (SSSR count). The highest BCUT2D eigenvalue weighted by molar-refractivity contribution is 7.89. The molecule has 0 saturated carbocycles. The van der Waals surface area contributed by atoms with Crippen LogP contribution in [0, 0.1) is 12.7 Å². The second-order valence-corrected chi connectivity index (χ2v) is 9.22. The maximum absolute atomic E-state index is 13.4. The Bertz CT molecular complexity index is 1040. The van der Waals surface area contributed by atoms with Crippen molar-refractivity contribution in [1.82, 2.24) is 10.0 Å². The first-order valence-corrected chi connectivity index (χ1v) is 11.3. The number of nitrogens with zero attached hydrogens (tertiary/aromatic N) is 1. The van der Waals surface area contributed by atoms with E-state index in [2.05, 4.69) is 14.9 Å². The zero-order valence-electron chi connectivity index (χ0n) is 17.1. The molecule has 6 nitrogen and oxygen atoms in total. The molecule has 1 fully saturated rings. The van der Waals surface area contributed by atoms with Crippen molar-refractivity contribution in [1.29, 1.82) is 0 Å². The van der Waals surface area contributed by atoms with Crippen molar-refractivity contribution in [2.75, 3.05) is 25.0 Å². The first kappa shape index (κ1) is 22.0. The third-order valence-electron chi connectivity index (χ3n) is 5.15. The lowest BCUT2D eigenvalue weighted by molar-refractivity contribution is -0.117. The minimum atomic E-state index is -3.48. The lowest BCUT2D eigenvalue weighted by atomic mass is 10.0. The first-order valence-electron chi connectivity index (χ1n) is 9.82. The van der Waals surface area contributed by atoms with Crippen molar-refractivity contribution in [2.45, 2.75) is 30.7 Å². The summed E-state index contributed by atoms with van der Waals surface area (Å²) in [7, 11) is -2.12. The average Bonchev–Trinajstić information content (AvgIpc) is 2.73. The molecule has 1 heterocycles. The van der Waals surface area contributed by atoms with E-state index in [1.165, 1.54) is 37.4 Å². The molecule has 0 aliphatic carbocycles. The largest absolute Gasteiger partial charge is 0.369 e. The lowest BCUT2D eigenvalue weighted by Gasteiger charge is -2.35. The lowest BCUT2D eigenvalue weighted by Crippen LogP contribution is -2.47. The van der Waals surface area contributed by atoms with Crippen LogP contribution in [0.25, 0.3) is 6.08 Å². The van der Waals surface area contributed by atoms with Gasteiger partial charge in [0.1, 0.15) is 5.82 Å². The fraction of sp³-hybridized carbons (Fsp3) is 0.318. The van der Waals surface area contributed by atoms with Gasteiger partial charge in [-0.15, -0.1) is 0 Å². The Morgan fingerprint density at radius 1 is 1.20 bits per heavy atom. The number of hydrogen-bond donors (Lipinski definition) is 2. The number of amides is 1. The van der Waals surface area contributed by atoms with Gasteiger partial charge in [-0.2, -0.15) is 0 Å². The van der Waals surface area contributed by atoms with Crippen LogP contribution in [0.5, 0.6) is 0 Å². The number of nitrogens with one attached hydrogen (secondary N) is 2. The van der Waals surface area contributed by atoms with E-state index in [1.807, 2.05) is 6.92 Å². The number of halogens is 1. The van der Waals surface area contributed by atoms with Crippen LogP contribution in [-0.2, 0) is 14.8 Å². The number of hydrogen-bond acceptors (Lipinski definition) is 4. The second-order valence-electron chi connectivity index (χ2n) is 7.33. The maximum Gasteiger partial charge on any atom is 0.244 e. The Balaban J connectivity index is 1.59. The normalized spacial score (nSPS) is 17.3. The molecular weight excluding hydrogens is 405 g/mol. The molecule has 1 saturated heterocycles. The van der Waals surface area contributed by atoms with Crippen LogP contribution in [-0.4, -0.2) is 40.5 Å². The van der Waals surface area contributed by atoms with Gasteiger partial charge in [0.05, 0.1) is 4.90 Å². The fourth-order valence-electron chi connectivity index (χ4n) is 3.58. The van der Waals surface area contributed by atoms with E-state index in [9.17, 15) is 17.6 Å². The minimum Gasteiger partial charge on any atom is -0.369 e. The summed E-state index contributed by atoms with van der Waals surface area (Å²) in [5.74, 6) is -0.454. The molecule has 160 valence electrons. The number of aryl methyl sites for hydroxylation is 1. The number of benzene rings is 2. The fourth-order valence-corrected chi connectivity index (χ4v) is 4.31. The zero-order chi connectivity index (χ0) is 21.7. The SMILES string of the molecule is CNS(=O)(=O)c1ccc(/C=C/C(=O)NC2CCCN(c3ccc(F)cc3C)C2)cc1. The molecule has 0 spiro atoms. The van der Waals surface area contributed by atoms with E-state index < -0.39 is 10.0 Å². The Labute approximate surface area is 176 Å². The highest BCUT2D eigenvalue weighted by Gasteiger charge is 2.22. The predicted molar refractivity (Wildman–Crippen MR) is 116 cm³/mol. The van der Waals surface area contributed by atoms with Crippen molar-refractivity contribution < 1.29 is 17.6 Å². The van der Waals surface area contributed by atoms with Gasteiger partial charge in [0.15, 0.2) is 0 Å². The van der Waals surface area contributed by atoms with Gasteiger partial charge in [-0.25, -0.2) is 17.5 Å². The van der Waals surface area contributed by atoms with E-state index in [-0.39, 0.29) is 22.7 Å². The molecule has 30 heavy (non-hydrogen) atoms. The van der Waals surface area contributed by atoms with Crippen LogP contribution in [0.1, 0.15) is 24.0 Å². The molecule has 1 aliphatic heterocycles. The number of anilines is 1. The second kappa shape index (κ2) is 9.40. The summed E-state index contributed by atoms with van der Waals surface area (Å²) in [6, 6.07) is 11.0. The number of sulfonamides is 1. The smallest absolute Gasteiger partial charge is 0.244 e. The maximum atomic E-state index is 13.4. The van der Waals surface area contributed by atoms with Crippen LogP contribution in [0.2, 0.25) is 0 Å². The molecule has 0 radical (unpaired) electrons. The molecule has 1 amide bonds. The van der Waals surface area contributed by atoms with Gasteiger partial charge < -0.3 is 10.2 Å². The minimum absolute atomic E-state index is 0.00324. The van der Waals surface area contributed by atoms with Crippen LogP contribution in [0.3, 0.4) is 0 Å². The van der Waals surface area contributed by atoms with Crippen molar-refractivity contribution in [3.8, 4) is 0 Å². The molecule has 8 heteroatoms. The average molecular weight is 432 g/mol. The number of carbonyl (C=O) groups excluding carboxylic acids is 1. The van der Waals surface area contributed by atoms with Crippen LogP contribution >= 0.6 is 0 Å². The monoisotopic (exact) mass is 431 g/mol. The van der Waals surface area contributed by atoms with Crippen molar-refractivity contribution in [2.24, 2.45) is 0 Å². The van der Waals surface area contributed by atoms with Gasteiger partial charge in [-0.05, 0) is 74.3 Å². The van der Waals surface area contributed by atoms with Crippen LogP contribution in [0.4, 0.5) is 10.1 Å². The molecule has 1 unspecified atom stereocenters. The Hall–Kier alpha value is -2.71. The molecule has 2 aromatic rings. The molecule has 1 aliphatic rings. The van der Waals surface area contributed by atoms with Crippen molar-refractivity contribution >= 4 is 27.7 Å². The quantitative estimate of drug-likeness (QED) is 0.690. The summed E-state index contributed by atoms with van der Waals surface area (Å²) in [6.45, 7) is 3.43. The summed E-state index contributed by atoms with van der Waals surface area (Å²) < 4.78 is 39.1. The summed E-state index contributed by atoms with van der Waals surface area (Å²) in [5, 5.41) is 3.02. The Morgan fingerprint density at radius 3 is 2.60 bits per heavy atom. The molecule has 1 atom stereocenters. The standard InChI is InChI=1S/C22H26FN3O3S/c1-16-14-18(23)8-11-21(16)26-13-3-4-19(15-26)25-22(27)12-7-17-5-9-20(10-6-17)30(28,29)24-2/h5-12,14,19,24H,3-4,13,15H2,1-2H3,(H,25,27)/b12-7+. The third-order valence-corrected chi connectivity index (χ3v) is 6.58. The van der Waals surface area contributed by atoms with Gasteiger partial charge in [0, 0.05) is 30.9 Å². The summed E-state index contributed by atoms with van der Waals surface area (Å²) in [4.78, 5) is 14.7. The molecule has 2 N–H and O–H groups in total. The molecule has 0 bridgehead atoms. The molecular formula is C22H26FN3O3S.